The second-order valence-electron chi connectivity index (χ2n) is 9.21. The summed E-state index contributed by atoms with van der Waals surface area (Å²) >= 11 is 0. The molecule has 31 heavy (non-hydrogen) atoms. The topological polar surface area (TPSA) is 62.3 Å². The fourth-order valence-electron chi connectivity index (χ4n) is 4.82. The summed E-state index contributed by atoms with van der Waals surface area (Å²) in [6.45, 7) is 9.50. The normalized spacial score (nSPS) is 20.2. The quantitative estimate of drug-likeness (QED) is 0.563. The van der Waals surface area contributed by atoms with E-state index in [-0.39, 0.29) is 17.9 Å². The number of benzene rings is 1. The standard InChI is InChI=1S/C24H37N3O4/c1-18(2)16-26-22(28)24(11-14-25(15-12-24)19(3)17-30-4)27(23(26)29)13-10-20-6-8-21(31-5)9-7-20/h6-9,18-19H,10-17H2,1-5H3/t19-/m0/s1. The molecule has 2 aliphatic rings. The third kappa shape index (κ3) is 4.88. The average Bonchev–Trinajstić information content (AvgIpc) is 2.94. The molecule has 2 aliphatic heterocycles. The van der Waals surface area contributed by atoms with Crippen LogP contribution in [0.5, 0.6) is 5.75 Å². The van der Waals surface area contributed by atoms with Crippen LogP contribution < -0.4 is 4.74 Å². The molecule has 0 N–H and O–H groups in total. The number of piperidine rings is 1. The maximum Gasteiger partial charge on any atom is 0.327 e. The zero-order valence-corrected chi connectivity index (χ0v) is 19.6. The van der Waals surface area contributed by atoms with Gasteiger partial charge in [0.05, 0.1) is 13.7 Å². The minimum atomic E-state index is -0.721. The Balaban J connectivity index is 1.78. The number of imide groups is 1. The van der Waals surface area contributed by atoms with Crippen molar-refractivity contribution in [3.8, 4) is 5.75 Å². The highest BCUT2D eigenvalue weighted by Crippen LogP contribution is 2.38. The van der Waals surface area contributed by atoms with E-state index in [4.69, 9.17) is 9.47 Å². The Morgan fingerprint density at radius 2 is 1.68 bits per heavy atom. The molecular weight excluding hydrogens is 394 g/mol. The van der Waals surface area contributed by atoms with Crippen LogP contribution >= 0.6 is 0 Å². The first kappa shape index (κ1) is 23.5. The zero-order valence-electron chi connectivity index (χ0n) is 19.6. The monoisotopic (exact) mass is 431 g/mol. The van der Waals surface area contributed by atoms with E-state index >= 15 is 0 Å². The Morgan fingerprint density at radius 1 is 1.03 bits per heavy atom. The highest BCUT2D eigenvalue weighted by atomic mass is 16.5. The largest absolute Gasteiger partial charge is 0.497 e. The van der Waals surface area contributed by atoms with Crippen LogP contribution in [0.15, 0.2) is 24.3 Å². The summed E-state index contributed by atoms with van der Waals surface area (Å²) in [7, 11) is 3.36. The van der Waals surface area contributed by atoms with Gasteiger partial charge >= 0.3 is 6.03 Å². The van der Waals surface area contributed by atoms with Crippen molar-refractivity contribution in [3.05, 3.63) is 29.8 Å². The number of ether oxygens (including phenoxy) is 2. The summed E-state index contributed by atoms with van der Waals surface area (Å²) < 4.78 is 10.5. The Bertz CT molecular complexity index is 757. The molecular formula is C24H37N3O4. The molecule has 0 radical (unpaired) electrons. The molecule has 0 bridgehead atoms. The first-order chi connectivity index (χ1) is 14.8. The van der Waals surface area contributed by atoms with E-state index in [1.54, 1.807) is 14.2 Å². The van der Waals surface area contributed by atoms with Gasteiger partial charge < -0.3 is 14.4 Å². The maximum atomic E-state index is 13.5. The second-order valence-corrected chi connectivity index (χ2v) is 9.21. The lowest BCUT2D eigenvalue weighted by Crippen LogP contribution is -2.58. The molecule has 1 spiro atoms. The van der Waals surface area contributed by atoms with Crippen molar-refractivity contribution >= 4 is 11.9 Å². The predicted molar refractivity (Wildman–Crippen MR) is 120 cm³/mol. The summed E-state index contributed by atoms with van der Waals surface area (Å²) in [5.74, 6) is 1.04. The van der Waals surface area contributed by atoms with Gasteiger partial charge in [-0.2, -0.15) is 0 Å². The predicted octanol–water partition coefficient (Wildman–Crippen LogP) is 3.03. The van der Waals surface area contributed by atoms with Gasteiger partial charge in [0.2, 0.25) is 0 Å². The van der Waals surface area contributed by atoms with E-state index in [0.717, 1.165) is 24.4 Å². The number of amides is 3. The Morgan fingerprint density at radius 3 is 2.23 bits per heavy atom. The average molecular weight is 432 g/mol. The SMILES string of the molecule is COC[C@H](C)N1CCC2(CC1)C(=O)N(CC(C)C)C(=O)N2CCc1ccc(OC)cc1. The summed E-state index contributed by atoms with van der Waals surface area (Å²) in [6, 6.07) is 8.08. The van der Waals surface area contributed by atoms with Gasteiger partial charge in [-0.25, -0.2) is 4.79 Å². The van der Waals surface area contributed by atoms with Crippen molar-refractivity contribution in [1.82, 2.24) is 14.7 Å². The van der Waals surface area contributed by atoms with Gasteiger partial charge in [-0.1, -0.05) is 26.0 Å². The first-order valence-electron chi connectivity index (χ1n) is 11.3. The molecule has 172 valence electrons. The molecule has 3 rings (SSSR count). The third-order valence-corrected chi connectivity index (χ3v) is 6.61. The van der Waals surface area contributed by atoms with E-state index < -0.39 is 5.54 Å². The lowest BCUT2D eigenvalue weighted by molar-refractivity contribution is -0.136. The lowest BCUT2D eigenvalue weighted by atomic mass is 9.85. The molecule has 0 saturated carbocycles. The Labute approximate surface area is 186 Å². The minimum Gasteiger partial charge on any atom is -0.497 e. The van der Waals surface area contributed by atoms with Gasteiger partial charge in [-0.3, -0.25) is 14.6 Å². The van der Waals surface area contributed by atoms with Gasteiger partial charge in [0.1, 0.15) is 11.3 Å². The van der Waals surface area contributed by atoms with Crippen LogP contribution in [0.2, 0.25) is 0 Å². The van der Waals surface area contributed by atoms with E-state index in [1.807, 2.05) is 43.0 Å². The Kier molecular flexibility index (Phi) is 7.59. The number of rotatable bonds is 9. The molecule has 2 heterocycles. The van der Waals surface area contributed by atoms with Crippen LogP contribution in [0.3, 0.4) is 0 Å². The molecule has 0 aromatic heterocycles. The maximum absolute atomic E-state index is 13.5. The van der Waals surface area contributed by atoms with Crippen molar-refractivity contribution in [2.45, 2.75) is 51.6 Å². The van der Waals surface area contributed by atoms with Crippen LogP contribution in [-0.4, -0.2) is 85.2 Å². The van der Waals surface area contributed by atoms with Crippen LogP contribution in [0.25, 0.3) is 0 Å². The van der Waals surface area contributed by atoms with Crippen LogP contribution in [0.1, 0.15) is 39.2 Å². The van der Waals surface area contributed by atoms with Crippen LogP contribution in [0, 0.1) is 5.92 Å². The highest BCUT2D eigenvalue weighted by molar-refractivity contribution is 6.07. The number of carbonyl (C=O) groups is 2. The van der Waals surface area contributed by atoms with Crippen molar-refractivity contribution in [2.75, 3.05) is 47.0 Å². The number of methoxy groups -OCH3 is 2. The second kappa shape index (κ2) is 10.0. The first-order valence-corrected chi connectivity index (χ1v) is 11.3. The number of carbonyl (C=O) groups excluding carboxylic acids is 2. The molecule has 3 amide bonds. The van der Waals surface area contributed by atoms with Gasteiger partial charge in [-0.15, -0.1) is 0 Å². The molecule has 2 saturated heterocycles. The van der Waals surface area contributed by atoms with Crippen LogP contribution in [-0.2, 0) is 16.0 Å². The number of urea groups is 1. The molecule has 7 nitrogen and oxygen atoms in total. The van der Waals surface area contributed by atoms with E-state index in [0.29, 0.717) is 45.0 Å². The van der Waals surface area contributed by atoms with E-state index in [2.05, 4.69) is 11.8 Å². The summed E-state index contributed by atoms with van der Waals surface area (Å²) in [5.41, 5.74) is 0.409. The number of hydrogen-bond acceptors (Lipinski definition) is 5. The van der Waals surface area contributed by atoms with E-state index in [1.165, 1.54) is 4.90 Å². The molecule has 1 aromatic rings. The highest BCUT2D eigenvalue weighted by Gasteiger charge is 2.57. The van der Waals surface area contributed by atoms with Crippen molar-refractivity contribution in [2.24, 2.45) is 5.92 Å². The summed E-state index contributed by atoms with van der Waals surface area (Å²) in [6.07, 6.45) is 2.05. The fourth-order valence-corrected chi connectivity index (χ4v) is 4.82. The summed E-state index contributed by atoms with van der Waals surface area (Å²) in [5, 5.41) is 0. The minimum absolute atomic E-state index is 0.0139. The zero-order chi connectivity index (χ0) is 22.6. The molecule has 0 unspecified atom stereocenters. The molecule has 7 heteroatoms. The molecule has 1 atom stereocenters. The van der Waals surface area contributed by atoms with Gasteiger partial charge in [0.15, 0.2) is 0 Å². The number of likely N-dealkylation sites (tertiary alicyclic amines) is 1. The fraction of sp³-hybridized carbons (Fsp3) is 0.667. The molecule has 2 fully saturated rings. The van der Waals surface area contributed by atoms with Crippen molar-refractivity contribution in [1.29, 1.82) is 0 Å². The Hall–Kier alpha value is -2.12. The number of nitrogens with zero attached hydrogens (tertiary/aromatic N) is 3. The van der Waals surface area contributed by atoms with E-state index in [9.17, 15) is 9.59 Å². The van der Waals surface area contributed by atoms with Gasteiger partial charge in [0.25, 0.3) is 5.91 Å². The number of hydrogen-bond donors (Lipinski definition) is 0. The molecule has 1 aromatic carbocycles. The van der Waals surface area contributed by atoms with Gasteiger partial charge in [0, 0.05) is 39.3 Å². The molecule has 0 aliphatic carbocycles. The lowest BCUT2D eigenvalue weighted by Gasteiger charge is -2.44. The smallest absolute Gasteiger partial charge is 0.327 e. The van der Waals surface area contributed by atoms with Crippen molar-refractivity contribution in [3.63, 3.8) is 0 Å². The summed E-state index contributed by atoms with van der Waals surface area (Å²) in [4.78, 5) is 32.6. The van der Waals surface area contributed by atoms with Crippen molar-refractivity contribution < 1.29 is 19.1 Å². The third-order valence-electron chi connectivity index (χ3n) is 6.61. The van der Waals surface area contributed by atoms with Gasteiger partial charge in [-0.05, 0) is 49.8 Å². The van der Waals surface area contributed by atoms with Crippen LogP contribution in [0.4, 0.5) is 4.79 Å².